The molecular weight excluding hydrogens is 384 g/mol. The highest BCUT2D eigenvalue weighted by Crippen LogP contribution is 2.24. The molecule has 1 aliphatic carbocycles. The van der Waals surface area contributed by atoms with Crippen molar-refractivity contribution in [3.05, 3.63) is 35.9 Å². The summed E-state index contributed by atoms with van der Waals surface area (Å²) in [4.78, 5) is 37.1. The van der Waals surface area contributed by atoms with Gasteiger partial charge in [0.2, 0.25) is 5.91 Å². The molecule has 1 heterocycles. The Balaban J connectivity index is 1.55. The van der Waals surface area contributed by atoms with Gasteiger partial charge in [0.25, 0.3) is 5.91 Å². The maximum atomic E-state index is 12.8. The monoisotopic (exact) mass is 416 g/mol. The van der Waals surface area contributed by atoms with Crippen LogP contribution in [0.1, 0.15) is 51.0 Å². The van der Waals surface area contributed by atoms with Crippen LogP contribution in [0.3, 0.4) is 0 Å². The number of benzene rings is 1. The summed E-state index contributed by atoms with van der Waals surface area (Å²) in [7, 11) is 0. The first kappa shape index (κ1) is 22.3. The molecule has 7 heteroatoms. The zero-order valence-corrected chi connectivity index (χ0v) is 17.6. The number of ether oxygens (including phenoxy) is 2. The lowest BCUT2D eigenvalue weighted by Crippen LogP contribution is -2.49. The lowest BCUT2D eigenvalue weighted by Gasteiger charge is -2.24. The van der Waals surface area contributed by atoms with Gasteiger partial charge in [0.05, 0.1) is 6.61 Å². The van der Waals surface area contributed by atoms with Gasteiger partial charge in [0.15, 0.2) is 12.2 Å². The van der Waals surface area contributed by atoms with Gasteiger partial charge in [0.1, 0.15) is 6.04 Å². The lowest BCUT2D eigenvalue weighted by atomic mass is 9.89. The van der Waals surface area contributed by atoms with Crippen molar-refractivity contribution in [2.45, 2.75) is 70.1 Å². The van der Waals surface area contributed by atoms with Crippen molar-refractivity contribution in [2.24, 2.45) is 5.92 Å². The van der Waals surface area contributed by atoms with Crippen molar-refractivity contribution < 1.29 is 23.9 Å². The highest BCUT2D eigenvalue weighted by molar-refractivity contribution is 5.95. The van der Waals surface area contributed by atoms with E-state index in [9.17, 15) is 14.4 Å². The van der Waals surface area contributed by atoms with Gasteiger partial charge in [0, 0.05) is 6.54 Å². The van der Waals surface area contributed by atoms with Crippen LogP contribution in [0.5, 0.6) is 0 Å². The van der Waals surface area contributed by atoms with Crippen molar-refractivity contribution >= 4 is 17.8 Å². The number of aryl methyl sites for hydroxylation is 1. The number of amides is 2. The Labute approximate surface area is 177 Å². The van der Waals surface area contributed by atoms with Crippen molar-refractivity contribution in [1.82, 2.24) is 10.6 Å². The van der Waals surface area contributed by atoms with E-state index in [2.05, 4.69) is 10.6 Å². The number of carbonyl (C=O) groups is 3. The molecule has 1 aromatic carbocycles. The standard InChI is InChI=1S/C23H32N2O5/c1-2-29-23(28)20-19(30-20)22(27)25-18(14-13-16-9-5-3-6-10-16)21(26)24-15-17-11-7-4-8-12-17/h3,5-6,9-10,17-20H,2,4,7-8,11-15H2,1H3,(H,24,26)(H,25,27)/t18-,19-,20-/m1/s1. The molecule has 2 fully saturated rings. The fourth-order valence-electron chi connectivity index (χ4n) is 3.95. The van der Waals surface area contributed by atoms with E-state index in [-0.39, 0.29) is 12.5 Å². The molecule has 1 aromatic rings. The Bertz CT molecular complexity index is 718. The Morgan fingerprint density at radius 3 is 2.53 bits per heavy atom. The van der Waals surface area contributed by atoms with Crippen molar-refractivity contribution in [2.75, 3.05) is 13.2 Å². The van der Waals surface area contributed by atoms with E-state index < -0.39 is 30.1 Å². The second-order valence-electron chi connectivity index (χ2n) is 8.06. The molecule has 3 rings (SSSR count). The third kappa shape index (κ3) is 6.55. The van der Waals surface area contributed by atoms with Crippen LogP contribution in [-0.2, 0) is 30.3 Å². The van der Waals surface area contributed by atoms with Crippen LogP contribution in [-0.4, -0.2) is 49.2 Å². The Morgan fingerprint density at radius 2 is 1.83 bits per heavy atom. The van der Waals surface area contributed by atoms with Crippen LogP contribution >= 0.6 is 0 Å². The van der Waals surface area contributed by atoms with Crippen LogP contribution in [0.15, 0.2) is 30.3 Å². The number of hydrogen-bond acceptors (Lipinski definition) is 5. The molecule has 164 valence electrons. The first-order chi connectivity index (χ1) is 14.6. The second kappa shape index (κ2) is 11.1. The van der Waals surface area contributed by atoms with E-state index in [4.69, 9.17) is 9.47 Å². The predicted molar refractivity (Wildman–Crippen MR) is 112 cm³/mol. The SMILES string of the molecule is CCOC(=O)[C@@H]1O[C@H]1C(=O)N[C@H](CCc1ccccc1)C(=O)NCC1CCCCC1. The summed E-state index contributed by atoms with van der Waals surface area (Å²) >= 11 is 0. The van der Waals surface area contributed by atoms with Gasteiger partial charge in [-0.3, -0.25) is 9.59 Å². The normalized spacial score (nSPS) is 22.0. The van der Waals surface area contributed by atoms with Gasteiger partial charge >= 0.3 is 5.97 Å². The quantitative estimate of drug-likeness (QED) is 0.450. The maximum Gasteiger partial charge on any atom is 0.338 e. The Hall–Kier alpha value is -2.41. The van der Waals surface area contributed by atoms with Crippen LogP contribution in [0.25, 0.3) is 0 Å². The average molecular weight is 417 g/mol. The number of carbonyl (C=O) groups excluding carboxylic acids is 3. The number of epoxide rings is 1. The maximum absolute atomic E-state index is 12.8. The molecule has 30 heavy (non-hydrogen) atoms. The van der Waals surface area contributed by atoms with Gasteiger partial charge < -0.3 is 20.1 Å². The van der Waals surface area contributed by atoms with E-state index in [1.807, 2.05) is 30.3 Å². The fourth-order valence-corrected chi connectivity index (χ4v) is 3.95. The highest BCUT2D eigenvalue weighted by atomic mass is 16.6. The molecule has 2 amide bonds. The molecular formula is C23H32N2O5. The second-order valence-corrected chi connectivity index (χ2v) is 8.06. The molecule has 0 spiro atoms. The number of rotatable bonds is 10. The molecule has 2 N–H and O–H groups in total. The Kier molecular flexibility index (Phi) is 8.25. The molecule has 0 aromatic heterocycles. The summed E-state index contributed by atoms with van der Waals surface area (Å²) in [5, 5.41) is 5.80. The topological polar surface area (TPSA) is 97.0 Å². The summed E-state index contributed by atoms with van der Waals surface area (Å²) in [5.74, 6) is -0.662. The summed E-state index contributed by atoms with van der Waals surface area (Å²) in [5.41, 5.74) is 1.10. The van der Waals surface area contributed by atoms with Gasteiger partial charge in [-0.15, -0.1) is 0 Å². The van der Waals surface area contributed by atoms with Crippen LogP contribution in [0, 0.1) is 5.92 Å². The third-order valence-electron chi connectivity index (χ3n) is 5.76. The lowest BCUT2D eigenvalue weighted by molar-refractivity contribution is -0.144. The van der Waals surface area contributed by atoms with Crippen LogP contribution in [0.4, 0.5) is 0 Å². The summed E-state index contributed by atoms with van der Waals surface area (Å²) in [6.07, 6.45) is 5.35. The largest absolute Gasteiger partial charge is 0.464 e. The minimum absolute atomic E-state index is 0.182. The number of nitrogens with one attached hydrogen (secondary N) is 2. The van der Waals surface area contributed by atoms with Crippen molar-refractivity contribution in [3.8, 4) is 0 Å². The van der Waals surface area contributed by atoms with E-state index >= 15 is 0 Å². The molecule has 0 unspecified atom stereocenters. The highest BCUT2D eigenvalue weighted by Gasteiger charge is 2.52. The zero-order valence-electron chi connectivity index (χ0n) is 17.6. The summed E-state index contributed by atoms with van der Waals surface area (Å²) in [6, 6.07) is 9.18. The summed E-state index contributed by atoms with van der Waals surface area (Å²) < 4.78 is 10.1. The fraction of sp³-hybridized carbons (Fsp3) is 0.609. The molecule has 0 radical (unpaired) electrons. The van der Waals surface area contributed by atoms with Gasteiger partial charge in [-0.2, -0.15) is 0 Å². The molecule has 1 saturated carbocycles. The predicted octanol–water partition coefficient (Wildman–Crippen LogP) is 2.13. The molecule has 2 aliphatic rings. The molecule has 7 nitrogen and oxygen atoms in total. The van der Waals surface area contributed by atoms with Crippen molar-refractivity contribution in [1.29, 1.82) is 0 Å². The smallest absolute Gasteiger partial charge is 0.338 e. The van der Waals surface area contributed by atoms with Gasteiger partial charge in [-0.05, 0) is 44.1 Å². The first-order valence-electron chi connectivity index (χ1n) is 11.0. The van der Waals surface area contributed by atoms with Crippen LogP contribution in [0.2, 0.25) is 0 Å². The molecule has 1 aliphatic heterocycles. The van der Waals surface area contributed by atoms with E-state index in [0.29, 0.717) is 25.3 Å². The first-order valence-corrected chi connectivity index (χ1v) is 11.0. The van der Waals surface area contributed by atoms with Crippen LogP contribution < -0.4 is 10.6 Å². The molecule has 3 atom stereocenters. The van der Waals surface area contributed by atoms with E-state index in [1.165, 1.54) is 19.3 Å². The average Bonchev–Trinajstić information content (AvgIpc) is 3.58. The number of hydrogen-bond donors (Lipinski definition) is 2. The Morgan fingerprint density at radius 1 is 1.10 bits per heavy atom. The molecule has 0 bridgehead atoms. The van der Waals surface area contributed by atoms with Crippen molar-refractivity contribution in [3.63, 3.8) is 0 Å². The minimum Gasteiger partial charge on any atom is -0.464 e. The summed E-state index contributed by atoms with van der Waals surface area (Å²) in [6.45, 7) is 2.57. The van der Waals surface area contributed by atoms with Gasteiger partial charge in [-0.1, -0.05) is 49.6 Å². The minimum atomic E-state index is -0.880. The number of esters is 1. The van der Waals surface area contributed by atoms with Gasteiger partial charge in [-0.25, -0.2) is 4.79 Å². The molecule has 1 saturated heterocycles. The zero-order chi connectivity index (χ0) is 21.3. The van der Waals surface area contributed by atoms with E-state index in [1.54, 1.807) is 6.92 Å². The third-order valence-corrected chi connectivity index (χ3v) is 5.76. The van der Waals surface area contributed by atoms with E-state index in [0.717, 1.165) is 18.4 Å².